The SMILES string of the molecule is CCC(C(=O)c1ccc(Cl)cc1)n1ncn(-c2ccc(N3CCN(c4cccnc4)CC3)nc2)c1=O. The molecule has 1 aromatic carbocycles. The van der Waals surface area contributed by atoms with E-state index in [0.717, 1.165) is 37.7 Å². The van der Waals surface area contributed by atoms with Crippen molar-refractivity contribution in [3.05, 3.63) is 94.5 Å². The average Bonchev–Trinajstić information content (AvgIpc) is 3.31. The predicted molar refractivity (Wildman–Crippen MR) is 139 cm³/mol. The third-order valence-electron chi connectivity index (χ3n) is 6.43. The van der Waals surface area contributed by atoms with E-state index in [0.29, 0.717) is 22.7 Å². The second kappa shape index (κ2) is 10.3. The average molecular weight is 504 g/mol. The maximum absolute atomic E-state index is 13.2. The van der Waals surface area contributed by atoms with Gasteiger partial charge >= 0.3 is 5.69 Å². The summed E-state index contributed by atoms with van der Waals surface area (Å²) in [6.07, 6.45) is 7.19. The Morgan fingerprint density at radius 3 is 2.36 bits per heavy atom. The van der Waals surface area contributed by atoms with Crippen molar-refractivity contribution < 1.29 is 4.79 Å². The molecule has 1 fully saturated rings. The van der Waals surface area contributed by atoms with E-state index in [2.05, 4.69) is 30.9 Å². The van der Waals surface area contributed by atoms with E-state index in [1.54, 1.807) is 36.7 Å². The van der Waals surface area contributed by atoms with Crippen molar-refractivity contribution in [1.82, 2.24) is 24.3 Å². The van der Waals surface area contributed by atoms with Crippen LogP contribution in [-0.4, -0.2) is 56.3 Å². The van der Waals surface area contributed by atoms with Gasteiger partial charge in [0.2, 0.25) is 0 Å². The molecule has 1 aliphatic rings. The number of carbonyl (C=O) groups is 1. The van der Waals surface area contributed by atoms with Gasteiger partial charge in [-0.2, -0.15) is 5.10 Å². The summed E-state index contributed by atoms with van der Waals surface area (Å²) in [5, 5.41) is 4.80. The molecule has 9 nitrogen and oxygen atoms in total. The molecular weight excluding hydrogens is 478 g/mol. The molecule has 0 radical (unpaired) electrons. The van der Waals surface area contributed by atoms with E-state index in [1.807, 2.05) is 31.3 Å². The molecule has 0 bridgehead atoms. The minimum atomic E-state index is -0.705. The summed E-state index contributed by atoms with van der Waals surface area (Å²) in [4.78, 5) is 39.5. The Balaban J connectivity index is 1.29. The van der Waals surface area contributed by atoms with Crippen LogP contribution in [0.1, 0.15) is 29.7 Å². The second-order valence-electron chi connectivity index (χ2n) is 8.58. The third-order valence-corrected chi connectivity index (χ3v) is 6.68. The summed E-state index contributed by atoms with van der Waals surface area (Å²) in [5.41, 5.74) is 1.82. The summed E-state index contributed by atoms with van der Waals surface area (Å²) in [6.45, 7) is 5.28. The Bertz CT molecular complexity index is 1380. The quantitative estimate of drug-likeness (QED) is 0.356. The largest absolute Gasteiger partial charge is 0.367 e. The van der Waals surface area contributed by atoms with Gasteiger partial charge in [-0.25, -0.2) is 19.0 Å². The molecule has 1 saturated heterocycles. The molecule has 1 atom stereocenters. The topological polar surface area (TPSA) is 89.2 Å². The van der Waals surface area contributed by atoms with Crippen LogP contribution in [0.25, 0.3) is 5.69 Å². The van der Waals surface area contributed by atoms with E-state index in [9.17, 15) is 9.59 Å². The van der Waals surface area contributed by atoms with Crippen molar-refractivity contribution in [2.24, 2.45) is 0 Å². The summed E-state index contributed by atoms with van der Waals surface area (Å²) < 4.78 is 2.65. The monoisotopic (exact) mass is 503 g/mol. The molecule has 0 saturated carbocycles. The van der Waals surface area contributed by atoms with Gasteiger partial charge in [-0.1, -0.05) is 18.5 Å². The molecule has 5 rings (SSSR count). The Morgan fingerprint density at radius 1 is 0.972 bits per heavy atom. The van der Waals surface area contributed by atoms with Crippen molar-refractivity contribution in [2.45, 2.75) is 19.4 Å². The van der Waals surface area contributed by atoms with Gasteiger partial charge in [0.05, 0.1) is 23.8 Å². The molecule has 0 amide bonds. The number of hydrogen-bond donors (Lipinski definition) is 0. The van der Waals surface area contributed by atoms with Crippen LogP contribution < -0.4 is 15.5 Å². The summed E-state index contributed by atoms with van der Waals surface area (Å²) in [6, 6.07) is 13.7. The number of piperazine rings is 1. The third kappa shape index (κ3) is 4.74. The molecule has 4 heterocycles. The first-order chi connectivity index (χ1) is 17.5. The number of nitrogens with zero attached hydrogens (tertiary/aromatic N) is 7. The Kier molecular flexibility index (Phi) is 6.81. The van der Waals surface area contributed by atoms with E-state index in [1.165, 1.54) is 15.6 Å². The molecule has 1 aliphatic heterocycles. The van der Waals surface area contributed by atoms with Crippen LogP contribution in [0, 0.1) is 0 Å². The van der Waals surface area contributed by atoms with Crippen molar-refractivity contribution in [3.63, 3.8) is 0 Å². The number of rotatable bonds is 7. The van der Waals surface area contributed by atoms with Gasteiger partial charge < -0.3 is 9.80 Å². The fourth-order valence-electron chi connectivity index (χ4n) is 4.43. The Hall–Kier alpha value is -3.98. The minimum absolute atomic E-state index is 0.180. The lowest BCUT2D eigenvalue weighted by molar-refractivity contribution is 0.0911. The molecule has 0 spiro atoms. The van der Waals surface area contributed by atoms with Gasteiger partial charge in [0.25, 0.3) is 0 Å². The minimum Gasteiger partial charge on any atom is -0.367 e. The predicted octanol–water partition coefficient (Wildman–Crippen LogP) is 3.64. The number of pyridine rings is 2. The van der Waals surface area contributed by atoms with Crippen LogP contribution in [-0.2, 0) is 0 Å². The summed E-state index contributed by atoms with van der Waals surface area (Å²) in [7, 11) is 0. The molecule has 10 heteroatoms. The zero-order valence-corrected chi connectivity index (χ0v) is 20.6. The number of hydrogen-bond acceptors (Lipinski definition) is 7. The van der Waals surface area contributed by atoms with Crippen molar-refractivity contribution in [1.29, 1.82) is 0 Å². The number of benzene rings is 1. The second-order valence-corrected chi connectivity index (χ2v) is 9.02. The lowest BCUT2D eigenvalue weighted by Gasteiger charge is -2.36. The first kappa shape index (κ1) is 23.7. The van der Waals surface area contributed by atoms with E-state index >= 15 is 0 Å². The number of aromatic nitrogens is 5. The zero-order chi connectivity index (χ0) is 25.1. The maximum Gasteiger partial charge on any atom is 0.351 e. The highest BCUT2D eigenvalue weighted by Gasteiger charge is 2.24. The summed E-state index contributed by atoms with van der Waals surface area (Å²) >= 11 is 5.94. The van der Waals surface area contributed by atoms with Crippen LogP contribution >= 0.6 is 11.6 Å². The van der Waals surface area contributed by atoms with Crippen LogP contribution in [0.4, 0.5) is 11.5 Å². The first-order valence-electron chi connectivity index (χ1n) is 11.9. The van der Waals surface area contributed by atoms with Gasteiger partial charge in [-0.15, -0.1) is 0 Å². The molecule has 4 aromatic rings. The first-order valence-corrected chi connectivity index (χ1v) is 12.2. The lowest BCUT2D eigenvalue weighted by Crippen LogP contribution is -2.46. The van der Waals surface area contributed by atoms with Gasteiger partial charge in [0, 0.05) is 43.0 Å². The number of halogens is 1. The highest BCUT2D eigenvalue weighted by atomic mass is 35.5. The zero-order valence-electron chi connectivity index (χ0n) is 19.9. The van der Waals surface area contributed by atoms with Gasteiger partial charge in [-0.05, 0) is 55.0 Å². The lowest BCUT2D eigenvalue weighted by atomic mass is 10.0. The maximum atomic E-state index is 13.2. The summed E-state index contributed by atoms with van der Waals surface area (Å²) in [5.74, 6) is 0.676. The van der Waals surface area contributed by atoms with E-state index in [4.69, 9.17) is 11.6 Å². The highest BCUT2D eigenvalue weighted by Crippen LogP contribution is 2.20. The fraction of sp³-hybridized carbons (Fsp3) is 0.269. The number of ketones is 1. The van der Waals surface area contributed by atoms with Crippen LogP contribution in [0.3, 0.4) is 0 Å². The normalized spacial score (nSPS) is 14.6. The molecule has 0 N–H and O–H groups in total. The Morgan fingerprint density at radius 2 is 1.72 bits per heavy atom. The van der Waals surface area contributed by atoms with Crippen molar-refractivity contribution in [2.75, 3.05) is 36.0 Å². The van der Waals surface area contributed by atoms with Crippen LogP contribution in [0.5, 0.6) is 0 Å². The fourth-order valence-corrected chi connectivity index (χ4v) is 4.55. The molecule has 36 heavy (non-hydrogen) atoms. The van der Waals surface area contributed by atoms with Crippen molar-refractivity contribution in [3.8, 4) is 5.69 Å². The smallest absolute Gasteiger partial charge is 0.351 e. The number of anilines is 2. The molecule has 1 unspecified atom stereocenters. The Labute approximate surface area is 213 Å². The highest BCUT2D eigenvalue weighted by molar-refractivity contribution is 6.30. The molecular formula is C26H26ClN7O2. The van der Waals surface area contributed by atoms with Gasteiger partial charge in [-0.3, -0.25) is 9.78 Å². The standard InChI is InChI=1S/C26H26ClN7O2/c1-2-23(25(35)19-5-7-20(27)8-6-19)34-26(36)33(18-30-34)22-9-10-24(29-17-22)32-14-12-31(13-15-32)21-4-3-11-28-16-21/h3-11,16-18,23H,2,12-15H2,1H3. The number of carbonyl (C=O) groups excluding carboxylic acids is 1. The molecule has 3 aromatic heterocycles. The number of Topliss-reactive ketones (excluding diaryl/α,β-unsaturated/α-hetero) is 1. The molecule has 184 valence electrons. The van der Waals surface area contributed by atoms with Gasteiger partial charge in [0.1, 0.15) is 18.2 Å². The van der Waals surface area contributed by atoms with Gasteiger partial charge in [0.15, 0.2) is 5.78 Å². The van der Waals surface area contributed by atoms with E-state index in [-0.39, 0.29) is 11.5 Å². The van der Waals surface area contributed by atoms with Crippen LogP contribution in [0.15, 0.2) is 78.2 Å². The van der Waals surface area contributed by atoms with Crippen molar-refractivity contribution >= 4 is 28.9 Å². The van der Waals surface area contributed by atoms with E-state index < -0.39 is 6.04 Å². The van der Waals surface area contributed by atoms with Crippen LogP contribution in [0.2, 0.25) is 5.02 Å². The molecule has 0 aliphatic carbocycles.